The molecule has 8 nitrogen and oxygen atoms in total. The zero-order chi connectivity index (χ0) is 20.1. The molecule has 2 heterocycles. The molecule has 2 aromatic heterocycles. The number of methoxy groups -OCH3 is 3. The molecule has 0 radical (unpaired) electrons. The second-order valence-electron chi connectivity index (χ2n) is 6.01. The maximum atomic E-state index is 11.3. The number of carbonyl (C=O) groups is 1. The number of hydrogen-bond acceptors (Lipinski definition) is 6. The average molecular weight is 382 g/mol. The van der Waals surface area contributed by atoms with E-state index in [-0.39, 0.29) is 0 Å². The predicted molar refractivity (Wildman–Crippen MR) is 104 cm³/mol. The Kier molecular flexibility index (Phi) is 5.78. The minimum Gasteiger partial charge on any atom is -0.481 e. The maximum absolute atomic E-state index is 11.3. The van der Waals surface area contributed by atoms with Gasteiger partial charge in [0.25, 0.3) is 0 Å². The molecule has 0 bridgehead atoms. The largest absolute Gasteiger partial charge is 0.481 e. The molecular weight excluding hydrogens is 360 g/mol. The molecule has 0 saturated heterocycles. The van der Waals surface area contributed by atoms with Gasteiger partial charge in [-0.05, 0) is 36.2 Å². The van der Waals surface area contributed by atoms with Crippen LogP contribution in [0.5, 0.6) is 11.8 Å². The molecule has 0 atom stereocenters. The second-order valence-corrected chi connectivity index (χ2v) is 6.01. The summed E-state index contributed by atoms with van der Waals surface area (Å²) in [5, 5.41) is 7.34. The van der Waals surface area contributed by atoms with Crippen molar-refractivity contribution < 1.29 is 19.0 Å². The summed E-state index contributed by atoms with van der Waals surface area (Å²) in [6.07, 6.45) is 1.38. The molecule has 0 aliphatic heterocycles. The minimum atomic E-state index is -0.465. The second kappa shape index (κ2) is 8.43. The van der Waals surface area contributed by atoms with Crippen LogP contribution in [0.4, 0.5) is 4.79 Å². The van der Waals surface area contributed by atoms with E-state index in [2.05, 4.69) is 20.1 Å². The number of amides is 1. The lowest BCUT2D eigenvalue weighted by molar-refractivity contribution is 0.170. The summed E-state index contributed by atoms with van der Waals surface area (Å²) in [5.41, 5.74) is 4.49. The number of ether oxygens (including phenoxy) is 3. The average Bonchev–Trinajstić information content (AvgIpc) is 3.22. The number of pyridine rings is 1. The Morgan fingerprint density at radius 3 is 2.64 bits per heavy atom. The van der Waals surface area contributed by atoms with Crippen molar-refractivity contribution in [3.63, 3.8) is 0 Å². The van der Waals surface area contributed by atoms with Crippen LogP contribution in [-0.2, 0) is 11.3 Å². The van der Waals surface area contributed by atoms with Crippen LogP contribution in [-0.4, -0.2) is 42.2 Å². The molecule has 1 aromatic carbocycles. The number of rotatable bonds is 6. The lowest BCUT2D eigenvalue weighted by atomic mass is 10.0. The van der Waals surface area contributed by atoms with Crippen LogP contribution in [0.25, 0.3) is 16.9 Å². The Balaban J connectivity index is 1.89. The summed E-state index contributed by atoms with van der Waals surface area (Å²) in [6.45, 7) is 2.37. The first-order valence-electron chi connectivity index (χ1n) is 8.62. The van der Waals surface area contributed by atoms with E-state index in [1.54, 1.807) is 25.0 Å². The van der Waals surface area contributed by atoms with Gasteiger partial charge >= 0.3 is 6.09 Å². The van der Waals surface area contributed by atoms with Gasteiger partial charge in [0.1, 0.15) is 5.69 Å². The highest BCUT2D eigenvalue weighted by Crippen LogP contribution is 2.26. The molecular formula is C20H22N4O4. The Morgan fingerprint density at radius 2 is 1.93 bits per heavy atom. The Bertz CT molecular complexity index is 984. The summed E-state index contributed by atoms with van der Waals surface area (Å²) < 4.78 is 16.8. The van der Waals surface area contributed by atoms with Crippen molar-refractivity contribution in [2.75, 3.05) is 21.3 Å². The first kappa shape index (κ1) is 19.2. The van der Waals surface area contributed by atoms with Gasteiger partial charge < -0.3 is 19.5 Å². The number of benzene rings is 1. The summed E-state index contributed by atoms with van der Waals surface area (Å²) in [5.74, 6) is 0.884. The van der Waals surface area contributed by atoms with Crippen LogP contribution in [0.1, 0.15) is 11.1 Å². The Morgan fingerprint density at radius 1 is 1.11 bits per heavy atom. The van der Waals surface area contributed by atoms with Crippen LogP contribution in [0.3, 0.4) is 0 Å². The normalized spacial score (nSPS) is 10.4. The van der Waals surface area contributed by atoms with E-state index in [0.29, 0.717) is 24.0 Å². The Hall–Kier alpha value is -3.55. The molecule has 146 valence electrons. The number of aryl methyl sites for hydroxylation is 1. The lowest BCUT2D eigenvalue weighted by Crippen LogP contribution is -2.22. The zero-order valence-corrected chi connectivity index (χ0v) is 16.2. The van der Waals surface area contributed by atoms with Crippen molar-refractivity contribution in [2.24, 2.45) is 0 Å². The van der Waals surface area contributed by atoms with Gasteiger partial charge in [0.05, 0.1) is 27.0 Å². The number of hydrogen-bond donors (Lipinski definition) is 1. The molecule has 1 amide bonds. The lowest BCUT2D eigenvalue weighted by Gasteiger charge is -2.10. The highest BCUT2D eigenvalue weighted by molar-refractivity contribution is 5.67. The Labute approximate surface area is 163 Å². The van der Waals surface area contributed by atoms with Crippen molar-refractivity contribution in [1.29, 1.82) is 0 Å². The van der Waals surface area contributed by atoms with Gasteiger partial charge in [0, 0.05) is 24.4 Å². The molecule has 0 saturated carbocycles. The van der Waals surface area contributed by atoms with E-state index in [1.807, 2.05) is 43.5 Å². The van der Waals surface area contributed by atoms with Gasteiger partial charge in [0.2, 0.25) is 11.8 Å². The molecule has 0 spiro atoms. The standard InChI is InChI=1S/C20H22N4O4/c1-13-5-6-14(11-15(13)12-21-20(25)28-4)16-9-10-24(23-16)17-7-8-18(26-2)22-19(17)27-3/h5-11H,12H2,1-4H3,(H,21,25). The number of carbonyl (C=O) groups excluding carboxylic acids is 1. The number of nitrogens with zero attached hydrogens (tertiary/aromatic N) is 3. The fourth-order valence-electron chi connectivity index (χ4n) is 2.73. The van der Waals surface area contributed by atoms with Gasteiger partial charge in [-0.3, -0.25) is 0 Å². The van der Waals surface area contributed by atoms with E-state index in [4.69, 9.17) is 9.47 Å². The first-order valence-corrected chi connectivity index (χ1v) is 8.62. The van der Waals surface area contributed by atoms with E-state index in [0.717, 1.165) is 22.4 Å². The van der Waals surface area contributed by atoms with Crippen LogP contribution in [0.15, 0.2) is 42.6 Å². The molecule has 1 N–H and O–H groups in total. The number of nitrogens with one attached hydrogen (secondary N) is 1. The minimum absolute atomic E-state index is 0.378. The van der Waals surface area contributed by atoms with Crippen LogP contribution < -0.4 is 14.8 Å². The van der Waals surface area contributed by atoms with Crippen molar-refractivity contribution in [2.45, 2.75) is 13.5 Å². The van der Waals surface area contributed by atoms with Gasteiger partial charge in [0.15, 0.2) is 0 Å². The van der Waals surface area contributed by atoms with Crippen molar-refractivity contribution in [3.8, 4) is 28.7 Å². The zero-order valence-electron chi connectivity index (χ0n) is 16.2. The number of alkyl carbamates (subject to hydrolysis) is 1. The van der Waals surface area contributed by atoms with Crippen molar-refractivity contribution in [3.05, 3.63) is 53.7 Å². The topological polar surface area (TPSA) is 87.5 Å². The summed E-state index contributed by atoms with van der Waals surface area (Å²) in [6, 6.07) is 11.5. The smallest absolute Gasteiger partial charge is 0.407 e. The molecule has 0 aliphatic carbocycles. The SMILES string of the molecule is COC(=O)NCc1cc(-c2ccn(-c3ccc(OC)nc3OC)n2)ccc1C. The molecule has 8 heteroatoms. The molecule has 3 aromatic rings. The van der Waals surface area contributed by atoms with Crippen molar-refractivity contribution in [1.82, 2.24) is 20.1 Å². The summed E-state index contributed by atoms with van der Waals surface area (Å²) in [7, 11) is 4.45. The molecule has 0 unspecified atom stereocenters. The fraction of sp³-hybridized carbons (Fsp3) is 0.250. The van der Waals surface area contributed by atoms with Gasteiger partial charge in [-0.25, -0.2) is 9.48 Å². The van der Waals surface area contributed by atoms with Crippen LogP contribution in [0, 0.1) is 6.92 Å². The maximum Gasteiger partial charge on any atom is 0.407 e. The quantitative estimate of drug-likeness (QED) is 0.705. The predicted octanol–water partition coefficient (Wildman–Crippen LogP) is 3.12. The van der Waals surface area contributed by atoms with Crippen molar-refractivity contribution >= 4 is 6.09 Å². The van der Waals surface area contributed by atoms with E-state index < -0.39 is 6.09 Å². The first-order chi connectivity index (χ1) is 13.5. The molecule has 28 heavy (non-hydrogen) atoms. The summed E-state index contributed by atoms with van der Waals surface area (Å²) >= 11 is 0. The third-order valence-corrected chi connectivity index (χ3v) is 4.31. The van der Waals surface area contributed by atoms with E-state index in [1.165, 1.54) is 7.11 Å². The van der Waals surface area contributed by atoms with E-state index >= 15 is 0 Å². The highest BCUT2D eigenvalue weighted by atomic mass is 16.5. The van der Waals surface area contributed by atoms with Gasteiger partial charge in [-0.1, -0.05) is 12.1 Å². The van der Waals surface area contributed by atoms with Crippen LogP contribution >= 0.6 is 0 Å². The third-order valence-electron chi connectivity index (χ3n) is 4.31. The molecule has 0 fully saturated rings. The van der Waals surface area contributed by atoms with Crippen LogP contribution in [0.2, 0.25) is 0 Å². The van der Waals surface area contributed by atoms with E-state index in [9.17, 15) is 4.79 Å². The monoisotopic (exact) mass is 382 g/mol. The molecule has 3 rings (SSSR count). The third kappa shape index (κ3) is 4.06. The van der Waals surface area contributed by atoms with Gasteiger partial charge in [-0.2, -0.15) is 10.1 Å². The fourth-order valence-corrected chi connectivity index (χ4v) is 2.73. The number of aromatic nitrogens is 3. The molecule has 0 aliphatic rings. The highest BCUT2D eigenvalue weighted by Gasteiger charge is 2.12. The summed E-state index contributed by atoms with van der Waals surface area (Å²) in [4.78, 5) is 15.6. The van der Waals surface area contributed by atoms with Gasteiger partial charge in [-0.15, -0.1) is 0 Å².